The number of nitrogens with one attached hydrogen (secondary N) is 2. The van der Waals surface area contributed by atoms with Gasteiger partial charge in [-0.3, -0.25) is 19.6 Å². The minimum absolute atomic E-state index is 0.108. The summed E-state index contributed by atoms with van der Waals surface area (Å²) in [6, 6.07) is 24.2. The molecule has 1 aromatic heterocycles. The van der Waals surface area contributed by atoms with Crippen LogP contribution in [-0.2, 0) is 9.59 Å². The molecule has 0 aliphatic rings. The standard InChI is InChI=1S/C33H34N4O5/c1-42-29-20-15-25(16-21-29)33-26(23-37(35-33)28-9-5-4-6-10-28)17-22-30(38)24-13-18-27(19-14-24)34-31(39)11-7-2-3-8-12-32(40)36-41/h4-6,9-10,13-23,41H,2-3,7-8,11-12H2,1H3,(H,34,39)(H,36,40)/b22-17+. The van der Waals surface area contributed by atoms with E-state index in [4.69, 9.17) is 15.0 Å². The van der Waals surface area contributed by atoms with E-state index in [1.165, 1.54) is 6.08 Å². The molecule has 9 heteroatoms. The number of nitrogens with zero attached hydrogens (tertiary/aromatic N) is 2. The molecule has 3 aromatic carbocycles. The summed E-state index contributed by atoms with van der Waals surface area (Å²) in [4.78, 5) is 36.3. The zero-order valence-corrected chi connectivity index (χ0v) is 23.5. The first kappa shape index (κ1) is 30.0. The molecule has 0 spiro atoms. The van der Waals surface area contributed by atoms with Crippen LogP contribution in [0.25, 0.3) is 23.0 Å². The molecule has 216 valence electrons. The van der Waals surface area contributed by atoms with Crippen molar-refractivity contribution in [2.24, 2.45) is 0 Å². The molecule has 9 nitrogen and oxygen atoms in total. The highest BCUT2D eigenvalue weighted by Crippen LogP contribution is 2.27. The number of rotatable bonds is 14. The van der Waals surface area contributed by atoms with Gasteiger partial charge in [0.25, 0.3) is 0 Å². The van der Waals surface area contributed by atoms with Crippen molar-refractivity contribution in [2.75, 3.05) is 12.4 Å². The Morgan fingerprint density at radius 1 is 0.857 bits per heavy atom. The second-order valence-electron chi connectivity index (χ2n) is 9.71. The van der Waals surface area contributed by atoms with Crippen molar-refractivity contribution in [3.63, 3.8) is 0 Å². The third-order valence-electron chi connectivity index (χ3n) is 6.68. The first-order valence-corrected chi connectivity index (χ1v) is 13.8. The molecule has 0 aliphatic heterocycles. The van der Waals surface area contributed by atoms with E-state index in [0.29, 0.717) is 30.5 Å². The van der Waals surface area contributed by atoms with Gasteiger partial charge in [0.05, 0.1) is 18.5 Å². The first-order chi connectivity index (χ1) is 20.5. The van der Waals surface area contributed by atoms with Gasteiger partial charge in [0.15, 0.2) is 5.78 Å². The fourth-order valence-corrected chi connectivity index (χ4v) is 4.38. The third kappa shape index (κ3) is 8.49. The van der Waals surface area contributed by atoms with E-state index in [-0.39, 0.29) is 18.1 Å². The summed E-state index contributed by atoms with van der Waals surface area (Å²) in [6.07, 6.45) is 8.80. The Balaban J connectivity index is 1.37. The molecule has 0 saturated carbocycles. The first-order valence-electron chi connectivity index (χ1n) is 13.8. The van der Waals surface area contributed by atoms with Gasteiger partial charge in [-0.25, -0.2) is 10.2 Å². The van der Waals surface area contributed by atoms with E-state index in [0.717, 1.165) is 41.1 Å². The van der Waals surface area contributed by atoms with Crippen molar-refractivity contribution in [1.82, 2.24) is 15.3 Å². The molecule has 0 aliphatic carbocycles. The van der Waals surface area contributed by atoms with Gasteiger partial charge in [-0.2, -0.15) is 5.10 Å². The summed E-state index contributed by atoms with van der Waals surface area (Å²) in [5.74, 6) is 0.0669. The summed E-state index contributed by atoms with van der Waals surface area (Å²) in [5.41, 5.74) is 6.05. The summed E-state index contributed by atoms with van der Waals surface area (Å²) in [7, 11) is 1.62. The van der Waals surface area contributed by atoms with Crippen LogP contribution in [0.3, 0.4) is 0 Å². The largest absolute Gasteiger partial charge is 0.497 e. The average Bonchev–Trinajstić information content (AvgIpc) is 3.46. The Morgan fingerprint density at radius 2 is 1.52 bits per heavy atom. The van der Waals surface area contributed by atoms with Gasteiger partial charge in [0, 0.05) is 41.4 Å². The van der Waals surface area contributed by atoms with Crippen LogP contribution in [0.2, 0.25) is 0 Å². The van der Waals surface area contributed by atoms with Gasteiger partial charge in [-0.15, -0.1) is 0 Å². The number of benzene rings is 3. The molecule has 4 rings (SSSR count). The maximum atomic E-state index is 13.0. The molecular weight excluding hydrogens is 532 g/mol. The molecule has 0 saturated heterocycles. The lowest BCUT2D eigenvalue weighted by Gasteiger charge is -2.06. The van der Waals surface area contributed by atoms with Crippen molar-refractivity contribution in [2.45, 2.75) is 38.5 Å². The normalized spacial score (nSPS) is 10.9. The monoisotopic (exact) mass is 566 g/mol. The van der Waals surface area contributed by atoms with E-state index >= 15 is 0 Å². The number of aromatic nitrogens is 2. The highest BCUT2D eigenvalue weighted by molar-refractivity contribution is 6.07. The summed E-state index contributed by atoms with van der Waals surface area (Å²) in [6.45, 7) is 0. The lowest BCUT2D eigenvalue weighted by atomic mass is 10.1. The third-order valence-corrected chi connectivity index (χ3v) is 6.68. The fourth-order valence-electron chi connectivity index (χ4n) is 4.38. The maximum absolute atomic E-state index is 13.0. The predicted octanol–water partition coefficient (Wildman–Crippen LogP) is 6.23. The Labute approximate surface area is 244 Å². The van der Waals surface area contributed by atoms with Crippen LogP contribution in [0.15, 0.2) is 91.1 Å². The van der Waals surface area contributed by atoms with E-state index in [1.807, 2.05) is 60.8 Å². The lowest BCUT2D eigenvalue weighted by molar-refractivity contribution is -0.129. The summed E-state index contributed by atoms with van der Waals surface area (Å²) in [5, 5.41) is 16.1. The fraction of sp³-hybridized carbons (Fsp3) is 0.212. The number of carbonyl (C=O) groups is 3. The molecule has 0 bridgehead atoms. The van der Waals surface area contributed by atoms with Gasteiger partial charge >= 0.3 is 0 Å². The number of hydrogen-bond acceptors (Lipinski definition) is 6. The zero-order valence-electron chi connectivity index (χ0n) is 23.5. The number of methoxy groups -OCH3 is 1. The molecule has 4 aromatic rings. The van der Waals surface area contributed by atoms with Crippen molar-refractivity contribution in [1.29, 1.82) is 0 Å². The molecule has 0 radical (unpaired) electrons. The Bertz CT molecular complexity index is 1510. The SMILES string of the molecule is COc1ccc(-c2nn(-c3ccccc3)cc2/C=C/C(=O)c2ccc(NC(=O)CCCCCCC(=O)NO)cc2)cc1. The van der Waals surface area contributed by atoms with Gasteiger partial charge in [-0.05, 0) is 85.7 Å². The van der Waals surface area contributed by atoms with Crippen molar-refractivity contribution < 1.29 is 24.3 Å². The van der Waals surface area contributed by atoms with E-state index in [2.05, 4.69) is 5.32 Å². The van der Waals surface area contributed by atoms with E-state index in [9.17, 15) is 14.4 Å². The molecule has 0 fully saturated rings. The van der Waals surface area contributed by atoms with Gasteiger partial charge in [0.1, 0.15) is 5.75 Å². The summed E-state index contributed by atoms with van der Waals surface area (Å²) >= 11 is 0. The van der Waals surface area contributed by atoms with Crippen molar-refractivity contribution >= 4 is 29.4 Å². The topological polar surface area (TPSA) is 123 Å². The number of ether oxygens (including phenoxy) is 1. The van der Waals surface area contributed by atoms with Crippen molar-refractivity contribution in [3.8, 4) is 22.7 Å². The highest BCUT2D eigenvalue weighted by atomic mass is 16.5. The van der Waals surface area contributed by atoms with Gasteiger partial charge in [0.2, 0.25) is 11.8 Å². The Hall–Kier alpha value is -5.02. The number of amides is 2. The lowest BCUT2D eigenvalue weighted by Crippen LogP contribution is -2.17. The maximum Gasteiger partial charge on any atom is 0.243 e. The van der Waals surface area contributed by atoms with Gasteiger partial charge < -0.3 is 10.1 Å². The van der Waals surface area contributed by atoms with Crippen LogP contribution in [-0.4, -0.2) is 39.7 Å². The molecule has 2 amide bonds. The number of hydrogen-bond donors (Lipinski definition) is 3. The van der Waals surface area contributed by atoms with Crippen molar-refractivity contribution in [3.05, 3.63) is 102 Å². The molecule has 0 unspecified atom stereocenters. The Kier molecular flexibility index (Phi) is 10.8. The average molecular weight is 567 g/mol. The van der Waals surface area contributed by atoms with E-state index in [1.54, 1.807) is 47.6 Å². The van der Waals surface area contributed by atoms with Crippen LogP contribution in [0.4, 0.5) is 5.69 Å². The zero-order chi connectivity index (χ0) is 29.7. The number of carbonyl (C=O) groups excluding carboxylic acids is 3. The van der Waals surface area contributed by atoms with Crippen LogP contribution in [0.5, 0.6) is 5.75 Å². The summed E-state index contributed by atoms with van der Waals surface area (Å²) < 4.78 is 7.07. The number of allylic oxidation sites excluding steroid dienone is 1. The smallest absolute Gasteiger partial charge is 0.243 e. The van der Waals surface area contributed by atoms with Crippen LogP contribution >= 0.6 is 0 Å². The molecular formula is C33H34N4O5. The number of para-hydroxylation sites is 1. The van der Waals surface area contributed by atoms with E-state index < -0.39 is 5.91 Å². The second-order valence-corrected chi connectivity index (χ2v) is 9.71. The number of ketones is 1. The number of unbranched alkanes of at least 4 members (excludes halogenated alkanes) is 3. The minimum atomic E-state index is -0.400. The van der Waals surface area contributed by atoms with Crippen LogP contribution < -0.4 is 15.5 Å². The minimum Gasteiger partial charge on any atom is -0.497 e. The Morgan fingerprint density at radius 3 is 2.17 bits per heavy atom. The van der Waals surface area contributed by atoms with Gasteiger partial charge in [-0.1, -0.05) is 31.0 Å². The molecule has 42 heavy (non-hydrogen) atoms. The molecule has 1 heterocycles. The number of hydroxylamine groups is 1. The molecule has 3 N–H and O–H groups in total. The number of anilines is 1. The molecule has 0 atom stereocenters. The predicted molar refractivity (Wildman–Crippen MR) is 162 cm³/mol. The second kappa shape index (κ2) is 15.1. The van der Waals surface area contributed by atoms with Crippen LogP contribution in [0.1, 0.15) is 54.4 Å². The quantitative estimate of drug-likeness (QED) is 0.0547. The van der Waals surface area contributed by atoms with Crippen LogP contribution in [0, 0.1) is 0 Å². The highest BCUT2D eigenvalue weighted by Gasteiger charge is 2.12.